The molecule has 104 valence electrons. The molecular weight excluding hydrogens is 440 g/mol. The van der Waals surface area contributed by atoms with Gasteiger partial charge in [0.2, 0.25) is 0 Å². The Kier molecular flexibility index (Phi) is 10.9. The minimum Gasteiger partial charge on any atom is -1.00 e. The van der Waals surface area contributed by atoms with Gasteiger partial charge in [-0.3, -0.25) is 4.99 Å². The van der Waals surface area contributed by atoms with Crippen LogP contribution in [0.1, 0.15) is 52.4 Å². The minimum absolute atomic E-state index is 0. The van der Waals surface area contributed by atoms with Crippen molar-refractivity contribution in [3.05, 3.63) is 0 Å². The maximum absolute atomic E-state index is 5.80. The molecule has 2 rings (SSSR count). The molecule has 2 nitrogen and oxygen atoms in total. The number of nitrogens with zero attached hydrogens (tertiary/aromatic N) is 1. The van der Waals surface area contributed by atoms with Gasteiger partial charge in [-0.1, -0.05) is 20.3 Å². The summed E-state index contributed by atoms with van der Waals surface area (Å²) in [5.41, 5.74) is 0.0997. The molecule has 1 fully saturated rings. The predicted octanol–water partition coefficient (Wildman–Crippen LogP) is -2.83. The fourth-order valence-electron chi connectivity index (χ4n) is 2.75. The van der Waals surface area contributed by atoms with E-state index in [2.05, 4.69) is 18.8 Å². The zero-order valence-electron chi connectivity index (χ0n) is 10.4. The summed E-state index contributed by atoms with van der Waals surface area (Å²) in [5.74, 6) is 0.720. The van der Waals surface area contributed by atoms with Gasteiger partial charge in [0, 0.05) is 0 Å². The van der Waals surface area contributed by atoms with Crippen LogP contribution in [-0.2, 0) is 25.2 Å². The van der Waals surface area contributed by atoms with Crippen LogP contribution in [-0.4, -0.2) is 18.0 Å². The number of hydrogen-bond acceptors (Lipinski definition) is 2. The van der Waals surface area contributed by atoms with Crippen LogP contribution in [0.2, 0.25) is 0 Å². The summed E-state index contributed by atoms with van der Waals surface area (Å²) in [5, 5.41) is 0. The maximum Gasteiger partial charge on any atom is 2.00 e. The molecule has 0 aromatic heterocycles. The fraction of sp³-hybridized carbons (Fsp3) is 0.917. The number of halogens is 2. The molecule has 0 saturated heterocycles. The van der Waals surface area contributed by atoms with Crippen LogP contribution < -0.4 is 34.0 Å². The van der Waals surface area contributed by atoms with E-state index in [0.29, 0.717) is 6.04 Å². The first kappa shape index (κ1) is 20.4. The molecule has 0 aromatic carbocycles. The first-order valence-corrected chi connectivity index (χ1v) is 5.92. The molecule has 0 aromatic rings. The molecule has 0 unspecified atom stereocenters. The van der Waals surface area contributed by atoms with Gasteiger partial charge < -0.3 is 38.7 Å². The van der Waals surface area contributed by atoms with E-state index >= 15 is 0 Å². The second-order valence-electron chi connectivity index (χ2n) is 5.14. The molecule has 1 heterocycles. The van der Waals surface area contributed by atoms with E-state index in [4.69, 9.17) is 4.74 Å². The molecule has 0 radical (unpaired) electrons. The molecule has 5 heteroatoms. The maximum atomic E-state index is 5.80. The van der Waals surface area contributed by atoms with Crippen molar-refractivity contribution in [3.8, 4) is 0 Å². The van der Waals surface area contributed by atoms with E-state index in [1.54, 1.807) is 6.40 Å². The molecule has 1 atom stereocenters. The molecule has 1 spiro atoms. The average Bonchev–Trinajstić information content (AvgIpc) is 2.50. The number of rotatable bonds is 2. The van der Waals surface area contributed by atoms with Crippen LogP contribution in [0.3, 0.4) is 0 Å². The monoisotopic (exact) mass is 459 g/mol. The van der Waals surface area contributed by atoms with Gasteiger partial charge in [0.1, 0.15) is 5.60 Å². The minimum atomic E-state index is 0. The van der Waals surface area contributed by atoms with Gasteiger partial charge in [0.15, 0.2) is 6.40 Å². The largest absolute Gasteiger partial charge is 2.00 e. The van der Waals surface area contributed by atoms with Gasteiger partial charge in [-0.15, -0.1) is 0 Å². The Bertz CT molecular complexity index is 231. The first-order chi connectivity index (χ1) is 6.73. The van der Waals surface area contributed by atoms with Crippen molar-refractivity contribution in [2.24, 2.45) is 10.9 Å². The van der Waals surface area contributed by atoms with E-state index < -0.39 is 0 Å². The smallest absolute Gasteiger partial charge is 1.00 e. The van der Waals surface area contributed by atoms with E-state index in [9.17, 15) is 0 Å². The van der Waals surface area contributed by atoms with Crippen molar-refractivity contribution in [1.82, 2.24) is 0 Å². The van der Waals surface area contributed by atoms with Crippen LogP contribution in [0.15, 0.2) is 4.99 Å². The summed E-state index contributed by atoms with van der Waals surface area (Å²) in [6.07, 6.45) is 9.32. The first-order valence-electron chi connectivity index (χ1n) is 5.92. The van der Waals surface area contributed by atoms with Crippen molar-refractivity contribution in [2.75, 3.05) is 0 Å². The molecule has 0 amide bonds. The molecule has 1 aliphatic heterocycles. The van der Waals surface area contributed by atoms with Crippen LogP contribution in [0.4, 0.5) is 0 Å². The van der Waals surface area contributed by atoms with Gasteiger partial charge in [0.25, 0.3) is 0 Å². The number of ether oxygens (including phenoxy) is 1. The molecule has 2 aliphatic rings. The van der Waals surface area contributed by atoms with E-state index in [1.807, 2.05) is 0 Å². The molecule has 0 bridgehead atoms. The third-order valence-corrected chi connectivity index (χ3v) is 3.53. The zero-order valence-corrected chi connectivity index (χ0v) is 15.1. The van der Waals surface area contributed by atoms with Crippen LogP contribution in [0.5, 0.6) is 0 Å². The summed E-state index contributed by atoms with van der Waals surface area (Å²) in [6.45, 7) is 4.54. The van der Waals surface area contributed by atoms with Gasteiger partial charge in [-0.25, -0.2) is 0 Å². The molecule has 0 N–H and O–H groups in total. The standard InChI is InChI=1S/C12H21NO.2BrH.Pd/c1-10(2)8-11-12(14-9-13-11)6-4-3-5-7-12;;;/h9-11H,3-8H2,1-2H3;2*1H;/q;;;+2/p-2/t11-;;;/m1.../s1. The third kappa shape index (κ3) is 4.93. The SMILES string of the molecule is CC(C)C[C@H]1N=COC12CCCCC2.[Br-].[Br-].[Pd+2]. The van der Waals surface area contributed by atoms with Gasteiger partial charge in [-0.2, -0.15) is 0 Å². The summed E-state index contributed by atoms with van der Waals surface area (Å²) in [4.78, 5) is 4.51. The second-order valence-corrected chi connectivity index (χ2v) is 5.14. The average molecular weight is 462 g/mol. The van der Waals surface area contributed by atoms with E-state index in [1.165, 1.54) is 38.5 Å². The van der Waals surface area contributed by atoms with Gasteiger partial charge in [0.05, 0.1) is 6.04 Å². The second kappa shape index (κ2) is 9.07. The quantitative estimate of drug-likeness (QED) is 0.407. The number of aliphatic imine (C=N–C) groups is 1. The normalized spacial score (nSPS) is 24.5. The summed E-state index contributed by atoms with van der Waals surface area (Å²) in [6, 6.07) is 0.433. The topological polar surface area (TPSA) is 21.6 Å². The third-order valence-electron chi connectivity index (χ3n) is 3.53. The van der Waals surface area contributed by atoms with Crippen molar-refractivity contribution in [2.45, 2.75) is 64.0 Å². The Morgan fingerprint density at radius 2 is 1.82 bits per heavy atom. The van der Waals surface area contributed by atoms with Gasteiger partial charge >= 0.3 is 20.4 Å². The van der Waals surface area contributed by atoms with Crippen molar-refractivity contribution in [1.29, 1.82) is 0 Å². The zero-order chi connectivity index (χ0) is 10.0. The Hall–Kier alpha value is 1.09. The molecule has 1 saturated carbocycles. The molecular formula is C12H21Br2NOPd. The van der Waals surface area contributed by atoms with Crippen molar-refractivity contribution in [3.63, 3.8) is 0 Å². The van der Waals surface area contributed by atoms with Crippen molar-refractivity contribution < 1.29 is 59.1 Å². The molecule has 1 aliphatic carbocycles. The van der Waals surface area contributed by atoms with Crippen molar-refractivity contribution >= 4 is 6.40 Å². The van der Waals surface area contributed by atoms with Crippen LogP contribution >= 0.6 is 0 Å². The van der Waals surface area contributed by atoms with Crippen LogP contribution in [0, 0.1) is 5.92 Å². The Labute approximate surface area is 140 Å². The summed E-state index contributed by atoms with van der Waals surface area (Å²) >= 11 is 0. The van der Waals surface area contributed by atoms with E-state index in [0.717, 1.165) is 5.92 Å². The predicted molar refractivity (Wildman–Crippen MR) is 58.6 cm³/mol. The summed E-state index contributed by atoms with van der Waals surface area (Å²) < 4.78 is 5.80. The van der Waals surface area contributed by atoms with Crippen LogP contribution in [0.25, 0.3) is 0 Å². The Morgan fingerprint density at radius 1 is 1.24 bits per heavy atom. The Morgan fingerprint density at radius 3 is 2.35 bits per heavy atom. The fourth-order valence-corrected chi connectivity index (χ4v) is 2.75. The van der Waals surface area contributed by atoms with Gasteiger partial charge in [-0.05, 0) is 38.0 Å². The number of hydrogen-bond donors (Lipinski definition) is 0. The van der Waals surface area contributed by atoms with E-state index in [-0.39, 0.29) is 60.0 Å². The Balaban J connectivity index is 0. The molecule has 17 heavy (non-hydrogen) atoms. The summed E-state index contributed by atoms with van der Waals surface area (Å²) in [7, 11) is 0.